The summed E-state index contributed by atoms with van der Waals surface area (Å²) in [6, 6.07) is 2.28. The first-order valence-corrected chi connectivity index (χ1v) is 8.01. The van der Waals surface area contributed by atoms with Crippen molar-refractivity contribution in [3.8, 4) is 0 Å². The van der Waals surface area contributed by atoms with Gasteiger partial charge in [0.2, 0.25) is 0 Å². The maximum Gasteiger partial charge on any atom is 0.0314 e. The molecule has 98 valence electrons. The fourth-order valence-electron chi connectivity index (χ4n) is 1.83. The molecule has 0 aliphatic heterocycles. The fraction of sp³-hybridized carbons (Fsp3) is 0.714. The summed E-state index contributed by atoms with van der Waals surface area (Å²) in [5.74, 6) is 0. The second-order valence-corrected chi connectivity index (χ2v) is 7.58. The largest absolute Gasteiger partial charge is 0.317 e. The quantitative estimate of drug-likeness (QED) is 0.714. The highest BCUT2D eigenvalue weighted by molar-refractivity contribution is 9.10. The monoisotopic (exact) mass is 317 g/mol. The molecule has 0 atom stereocenters. The molecule has 1 heterocycles. The molecular formula is C14H24BrNS. The van der Waals surface area contributed by atoms with E-state index < -0.39 is 0 Å². The SMILES string of the molecule is CCNCCC(C)(C)CCc1cc(Br)c(C)s1. The average Bonchev–Trinajstić information content (AvgIpc) is 2.56. The Morgan fingerprint density at radius 2 is 2.06 bits per heavy atom. The molecule has 0 saturated heterocycles. The molecule has 0 aromatic carbocycles. The van der Waals surface area contributed by atoms with E-state index in [1.807, 2.05) is 11.3 Å². The molecule has 0 radical (unpaired) electrons. The van der Waals surface area contributed by atoms with Crippen LogP contribution in [0.15, 0.2) is 10.5 Å². The van der Waals surface area contributed by atoms with Crippen molar-refractivity contribution in [2.24, 2.45) is 5.41 Å². The van der Waals surface area contributed by atoms with Gasteiger partial charge in [-0.2, -0.15) is 0 Å². The lowest BCUT2D eigenvalue weighted by Gasteiger charge is -2.24. The van der Waals surface area contributed by atoms with Crippen LogP contribution in [0.4, 0.5) is 0 Å². The van der Waals surface area contributed by atoms with Crippen LogP contribution < -0.4 is 5.32 Å². The predicted octanol–water partition coefficient (Wildman–Crippen LogP) is 4.78. The molecule has 0 aliphatic carbocycles. The molecule has 1 aromatic heterocycles. The van der Waals surface area contributed by atoms with E-state index in [1.165, 1.54) is 33.5 Å². The summed E-state index contributed by atoms with van der Waals surface area (Å²) in [6.07, 6.45) is 3.73. The molecule has 1 nitrogen and oxygen atoms in total. The zero-order chi connectivity index (χ0) is 12.9. The Morgan fingerprint density at radius 3 is 2.59 bits per heavy atom. The highest BCUT2D eigenvalue weighted by Gasteiger charge is 2.17. The summed E-state index contributed by atoms with van der Waals surface area (Å²) in [5.41, 5.74) is 0.437. The lowest BCUT2D eigenvalue weighted by Crippen LogP contribution is -2.22. The van der Waals surface area contributed by atoms with Crippen molar-refractivity contribution in [3.05, 3.63) is 20.3 Å². The summed E-state index contributed by atoms with van der Waals surface area (Å²) >= 11 is 5.51. The van der Waals surface area contributed by atoms with E-state index in [1.54, 1.807) is 0 Å². The summed E-state index contributed by atoms with van der Waals surface area (Å²) in [6.45, 7) is 11.3. The minimum Gasteiger partial charge on any atom is -0.317 e. The third-order valence-electron chi connectivity index (χ3n) is 3.18. The van der Waals surface area contributed by atoms with Gasteiger partial charge in [-0.25, -0.2) is 0 Å². The number of halogens is 1. The summed E-state index contributed by atoms with van der Waals surface area (Å²) in [7, 11) is 0. The standard InChI is InChI=1S/C14H24BrNS/c1-5-16-9-8-14(3,4)7-6-12-10-13(15)11(2)17-12/h10,16H,5-9H2,1-4H3. The van der Waals surface area contributed by atoms with Gasteiger partial charge in [0, 0.05) is 14.2 Å². The number of hydrogen-bond donors (Lipinski definition) is 1. The zero-order valence-electron chi connectivity index (χ0n) is 11.4. The molecule has 0 aliphatic rings. The molecule has 0 amide bonds. The topological polar surface area (TPSA) is 12.0 Å². The van der Waals surface area contributed by atoms with Gasteiger partial charge in [-0.15, -0.1) is 11.3 Å². The van der Waals surface area contributed by atoms with Crippen molar-refractivity contribution >= 4 is 27.3 Å². The highest BCUT2D eigenvalue weighted by Crippen LogP contribution is 2.31. The van der Waals surface area contributed by atoms with E-state index >= 15 is 0 Å². The first kappa shape index (κ1) is 15.2. The van der Waals surface area contributed by atoms with Crippen molar-refractivity contribution in [3.63, 3.8) is 0 Å². The van der Waals surface area contributed by atoms with E-state index in [4.69, 9.17) is 0 Å². The lowest BCUT2D eigenvalue weighted by atomic mass is 9.84. The Balaban J connectivity index is 2.38. The minimum atomic E-state index is 0.437. The van der Waals surface area contributed by atoms with E-state index in [0.29, 0.717) is 5.41 Å². The number of thiophene rings is 1. The second-order valence-electron chi connectivity index (χ2n) is 5.38. The van der Waals surface area contributed by atoms with Crippen LogP contribution in [0.5, 0.6) is 0 Å². The van der Waals surface area contributed by atoms with Crippen LogP contribution >= 0.6 is 27.3 Å². The molecule has 1 aromatic rings. The van der Waals surface area contributed by atoms with Gasteiger partial charge in [-0.05, 0) is 66.7 Å². The van der Waals surface area contributed by atoms with Crippen molar-refractivity contribution in [2.75, 3.05) is 13.1 Å². The maximum atomic E-state index is 3.59. The van der Waals surface area contributed by atoms with Gasteiger partial charge in [0.05, 0.1) is 0 Å². The fourth-order valence-corrected chi connectivity index (χ4v) is 3.43. The van der Waals surface area contributed by atoms with Crippen molar-refractivity contribution in [1.82, 2.24) is 5.32 Å². The highest BCUT2D eigenvalue weighted by atomic mass is 79.9. The molecule has 3 heteroatoms. The van der Waals surface area contributed by atoms with Crippen LogP contribution in [0.1, 0.15) is 43.4 Å². The van der Waals surface area contributed by atoms with E-state index in [2.05, 4.69) is 55.0 Å². The second kappa shape index (κ2) is 6.91. The molecule has 1 rings (SSSR count). The number of rotatable bonds is 7. The molecule has 0 unspecified atom stereocenters. The van der Waals surface area contributed by atoms with Gasteiger partial charge >= 0.3 is 0 Å². The van der Waals surface area contributed by atoms with Gasteiger partial charge in [-0.3, -0.25) is 0 Å². The predicted molar refractivity (Wildman–Crippen MR) is 82.0 cm³/mol. The first-order valence-electron chi connectivity index (χ1n) is 6.40. The van der Waals surface area contributed by atoms with Crippen LogP contribution in [-0.2, 0) is 6.42 Å². The van der Waals surface area contributed by atoms with Crippen LogP contribution in [0.3, 0.4) is 0 Å². The molecule has 0 saturated carbocycles. The van der Waals surface area contributed by atoms with Gasteiger partial charge in [0.25, 0.3) is 0 Å². The first-order chi connectivity index (χ1) is 7.94. The number of aryl methyl sites for hydroxylation is 2. The van der Waals surface area contributed by atoms with Gasteiger partial charge < -0.3 is 5.32 Å². The molecule has 1 N–H and O–H groups in total. The normalized spacial score (nSPS) is 12.1. The molecule has 0 bridgehead atoms. The Labute approximate surface area is 118 Å². The smallest absolute Gasteiger partial charge is 0.0314 e. The maximum absolute atomic E-state index is 3.59. The molecular weight excluding hydrogens is 294 g/mol. The number of hydrogen-bond acceptors (Lipinski definition) is 2. The van der Waals surface area contributed by atoms with Crippen LogP contribution in [0, 0.1) is 12.3 Å². The van der Waals surface area contributed by atoms with Gasteiger partial charge in [0.15, 0.2) is 0 Å². The van der Waals surface area contributed by atoms with Crippen LogP contribution in [0.2, 0.25) is 0 Å². The number of nitrogens with one attached hydrogen (secondary N) is 1. The third-order valence-corrected chi connectivity index (χ3v) is 5.38. The Kier molecular flexibility index (Phi) is 6.18. The Bertz CT molecular complexity index is 324. The van der Waals surface area contributed by atoms with E-state index in [-0.39, 0.29) is 0 Å². The van der Waals surface area contributed by atoms with E-state index in [9.17, 15) is 0 Å². The van der Waals surface area contributed by atoms with Crippen LogP contribution in [0.25, 0.3) is 0 Å². The molecule has 17 heavy (non-hydrogen) atoms. The minimum absolute atomic E-state index is 0.437. The Morgan fingerprint density at radius 1 is 1.35 bits per heavy atom. The summed E-state index contributed by atoms with van der Waals surface area (Å²) < 4.78 is 1.27. The zero-order valence-corrected chi connectivity index (χ0v) is 13.8. The summed E-state index contributed by atoms with van der Waals surface area (Å²) in [4.78, 5) is 2.90. The third kappa shape index (κ3) is 5.54. The average molecular weight is 318 g/mol. The Hall–Kier alpha value is 0.140. The van der Waals surface area contributed by atoms with E-state index in [0.717, 1.165) is 13.1 Å². The van der Waals surface area contributed by atoms with Crippen molar-refractivity contribution < 1.29 is 0 Å². The van der Waals surface area contributed by atoms with Gasteiger partial charge in [0.1, 0.15) is 0 Å². The van der Waals surface area contributed by atoms with Crippen LogP contribution in [-0.4, -0.2) is 13.1 Å². The van der Waals surface area contributed by atoms with Crippen molar-refractivity contribution in [2.45, 2.75) is 47.0 Å². The van der Waals surface area contributed by atoms with Crippen molar-refractivity contribution in [1.29, 1.82) is 0 Å². The summed E-state index contributed by atoms with van der Waals surface area (Å²) in [5, 5.41) is 3.41. The van der Waals surface area contributed by atoms with Gasteiger partial charge in [-0.1, -0.05) is 20.8 Å². The molecule has 0 fully saturated rings. The molecule has 0 spiro atoms. The lowest BCUT2D eigenvalue weighted by molar-refractivity contribution is 0.304.